The molecule has 1 atom stereocenters. The Balaban J connectivity index is 1.79. The van der Waals surface area contributed by atoms with Crippen molar-refractivity contribution in [2.24, 2.45) is 0 Å². The minimum Gasteiger partial charge on any atom is -0.487 e. The Morgan fingerprint density at radius 1 is 1.60 bits per heavy atom. The lowest BCUT2D eigenvalue weighted by atomic mass is 10.2. The molecule has 4 nitrogen and oxygen atoms in total. The summed E-state index contributed by atoms with van der Waals surface area (Å²) in [4.78, 5) is 11.5. The van der Waals surface area contributed by atoms with Crippen molar-refractivity contribution >= 4 is 5.97 Å². The number of allylic oxidation sites excluding steroid dienone is 1. The lowest BCUT2D eigenvalue weighted by Crippen LogP contribution is -2.26. The smallest absolute Gasteiger partial charge is 0.347 e. The van der Waals surface area contributed by atoms with Crippen molar-refractivity contribution in [1.82, 2.24) is 0 Å². The summed E-state index contributed by atoms with van der Waals surface area (Å²) in [7, 11) is 0. The zero-order valence-corrected chi connectivity index (χ0v) is 8.22. The summed E-state index contributed by atoms with van der Waals surface area (Å²) < 4.78 is 15.2. The Labute approximate surface area is 87.5 Å². The molecule has 0 saturated heterocycles. The second kappa shape index (κ2) is 4.68. The van der Waals surface area contributed by atoms with Gasteiger partial charge in [0.15, 0.2) is 6.10 Å². The van der Waals surface area contributed by atoms with Crippen LogP contribution in [0.15, 0.2) is 35.2 Å². The van der Waals surface area contributed by atoms with Gasteiger partial charge in [0, 0.05) is 0 Å². The topological polar surface area (TPSA) is 48.7 Å². The van der Waals surface area contributed by atoms with E-state index in [1.165, 1.54) is 0 Å². The molecule has 1 aliphatic heterocycles. The van der Waals surface area contributed by atoms with Crippen molar-refractivity contribution in [3.8, 4) is 0 Å². The van der Waals surface area contributed by atoms with Crippen molar-refractivity contribution in [1.29, 1.82) is 0 Å². The number of hydrogen-bond donors (Lipinski definition) is 0. The third kappa shape index (κ3) is 2.62. The molecule has 2 heterocycles. The van der Waals surface area contributed by atoms with Crippen LogP contribution in [0.25, 0.3) is 0 Å². The van der Waals surface area contributed by atoms with E-state index < -0.39 is 6.10 Å². The molecule has 1 unspecified atom stereocenters. The molecular formula is C11H12O4. The highest BCUT2D eigenvalue weighted by molar-refractivity contribution is 5.74. The third-order valence-corrected chi connectivity index (χ3v) is 2.13. The lowest BCUT2D eigenvalue weighted by molar-refractivity contribution is -0.156. The monoisotopic (exact) mass is 208 g/mol. The summed E-state index contributed by atoms with van der Waals surface area (Å²) in [6.07, 6.45) is 6.03. The second-order valence-corrected chi connectivity index (χ2v) is 3.26. The van der Waals surface area contributed by atoms with Crippen molar-refractivity contribution < 1.29 is 18.7 Å². The van der Waals surface area contributed by atoms with Gasteiger partial charge in [-0.05, 0) is 31.1 Å². The van der Waals surface area contributed by atoms with Gasteiger partial charge in [-0.15, -0.1) is 0 Å². The summed E-state index contributed by atoms with van der Waals surface area (Å²) in [5.74, 6) is 0.297. The summed E-state index contributed by atoms with van der Waals surface area (Å²) >= 11 is 0. The molecule has 1 aromatic rings. The molecule has 0 aromatic carbocycles. The van der Waals surface area contributed by atoms with Crippen LogP contribution in [0.2, 0.25) is 0 Å². The van der Waals surface area contributed by atoms with E-state index in [4.69, 9.17) is 13.9 Å². The number of carbonyl (C=O) groups excluding carboxylic acids is 1. The summed E-state index contributed by atoms with van der Waals surface area (Å²) in [6, 6.07) is 3.51. The van der Waals surface area contributed by atoms with E-state index in [-0.39, 0.29) is 12.6 Å². The van der Waals surface area contributed by atoms with Gasteiger partial charge in [-0.1, -0.05) is 0 Å². The van der Waals surface area contributed by atoms with Gasteiger partial charge in [-0.25, -0.2) is 4.79 Å². The summed E-state index contributed by atoms with van der Waals surface area (Å²) in [5, 5.41) is 0. The maximum absolute atomic E-state index is 11.5. The molecule has 1 aliphatic rings. The van der Waals surface area contributed by atoms with Gasteiger partial charge < -0.3 is 13.9 Å². The first-order valence-corrected chi connectivity index (χ1v) is 4.86. The first kappa shape index (κ1) is 9.83. The fraction of sp³-hybridized carbons (Fsp3) is 0.364. The van der Waals surface area contributed by atoms with E-state index in [2.05, 4.69) is 0 Å². The van der Waals surface area contributed by atoms with Crippen LogP contribution in [-0.2, 0) is 20.9 Å². The maximum Gasteiger partial charge on any atom is 0.347 e. The van der Waals surface area contributed by atoms with Crippen LogP contribution >= 0.6 is 0 Å². The van der Waals surface area contributed by atoms with Crippen LogP contribution < -0.4 is 0 Å². The zero-order valence-electron chi connectivity index (χ0n) is 8.22. The third-order valence-electron chi connectivity index (χ3n) is 2.13. The van der Waals surface area contributed by atoms with Crippen LogP contribution in [0.5, 0.6) is 0 Å². The number of furan rings is 1. The van der Waals surface area contributed by atoms with Gasteiger partial charge in [-0.2, -0.15) is 0 Å². The van der Waals surface area contributed by atoms with Crippen LogP contribution in [0.1, 0.15) is 18.6 Å². The quantitative estimate of drug-likeness (QED) is 0.713. The number of rotatable bonds is 3. The Morgan fingerprint density at radius 2 is 2.53 bits per heavy atom. The SMILES string of the molecule is O=C(OCc1ccco1)C1CCC=CO1. The van der Waals surface area contributed by atoms with Crippen LogP contribution in [-0.4, -0.2) is 12.1 Å². The average Bonchev–Trinajstić information content (AvgIpc) is 2.80. The van der Waals surface area contributed by atoms with E-state index in [0.29, 0.717) is 12.2 Å². The van der Waals surface area contributed by atoms with E-state index in [1.807, 2.05) is 6.08 Å². The van der Waals surface area contributed by atoms with E-state index in [0.717, 1.165) is 6.42 Å². The molecule has 0 bridgehead atoms. The highest BCUT2D eigenvalue weighted by atomic mass is 16.6. The molecule has 2 rings (SSSR count). The number of esters is 1. The highest BCUT2D eigenvalue weighted by Crippen LogP contribution is 2.12. The standard InChI is InChI=1S/C11H12O4/c12-11(10-5-1-2-6-14-10)15-8-9-4-3-7-13-9/h2-4,6-7,10H,1,5,8H2. The van der Waals surface area contributed by atoms with Gasteiger partial charge in [0.1, 0.15) is 12.4 Å². The van der Waals surface area contributed by atoms with Gasteiger partial charge in [0.2, 0.25) is 0 Å². The largest absolute Gasteiger partial charge is 0.487 e. The molecule has 0 aliphatic carbocycles. The van der Waals surface area contributed by atoms with Crippen molar-refractivity contribution in [2.75, 3.05) is 0 Å². The molecule has 1 aromatic heterocycles. The predicted molar refractivity (Wildman–Crippen MR) is 51.8 cm³/mol. The Kier molecular flexibility index (Phi) is 3.07. The number of ether oxygens (including phenoxy) is 2. The molecular weight excluding hydrogens is 196 g/mol. The zero-order chi connectivity index (χ0) is 10.5. The molecule has 15 heavy (non-hydrogen) atoms. The molecule has 0 spiro atoms. The fourth-order valence-electron chi connectivity index (χ4n) is 1.34. The average molecular weight is 208 g/mol. The second-order valence-electron chi connectivity index (χ2n) is 3.26. The Hall–Kier alpha value is -1.71. The van der Waals surface area contributed by atoms with Crippen molar-refractivity contribution in [3.05, 3.63) is 36.5 Å². The first-order valence-electron chi connectivity index (χ1n) is 4.86. The molecule has 0 amide bonds. The van der Waals surface area contributed by atoms with E-state index in [9.17, 15) is 4.79 Å². The van der Waals surface area contributed by atoms with Crippen molar-refractivity contribution in [2.45, 2.75) is 25.6 Å². The molecule has 4 heteroatoms. The van der Waals surface area contributed by atoms with Gasteiger partial charge >= 0.3 is 5.97 Å². The number of hydrogen-bond acceptors (Lipinski definition) is 4. The molecule has 80 valence electrons. The fourth-order valence-corrected chi connectivity index (χ4v) is 1.34. The van der Waals surface area contributed by atoms with Crippen LogP contribution in [0, 0.1) is 0 Å². The van der Waals surface area contributed by atoms with Gasteiger partial charge in [0.25, 0.3) is 0 Å². The Bertz CT molecular complexity index is 339. The van der Waals surface area contributed by atoms with Crippen LogP contribution in [0.4, 0.5) is 0 Å². The summed E-state index contributed by atoms with van der Waals surface area (Å²) in [6.45, 7) is 0.162. The summed E-state index contributed by atoms with van der Waals surface area (Å²) in [5.41, 5.74) is 0. The normalized spacial score (nSPS) is 19.6. The number of carbonyl (C=O) groups is 1. The van der Waals surface area contributed by atoms with E-state index in [1.54, 1.807) is 24.7 Å². The molecule has 0 N–H and O–H groups in total. The molecule has 0 radical (unpaired) electrons. The first-order chi connectivity index (χ1) is 7.36. The molecule has 0 fully saturated rings. The predicted octanol–water partition coefficient (Wildman–Crippen LogP) is 2.02. The van der Waals surface area contributed by atoms with Gasteiger partial charge in [0.05, 0.1) is 12.5 Å². The van der Waals surface area contributed by atoms with Crippen LogP contribution in [0.3, 0.4) is 0 Å². The van der Waals surface area contributed by atoms with Gasteiger partial charge in [-0.3, -0.25) is 0 Å². The maximum atomic E-state index is 11.5. The van der Waals surface area contributed by atoms with E-state index >= 15 is 0 Å². The minimum absolute atomic E-state index is 0.162. The minimum atomic E-state index is -0.468. The van der Waals surface area contributed by atoms with Crippen molar-refractivity contribution in [3.63, 3.8) is 0 Å². The molecule has 0 saturated carbocycles. The lowest BCUT2D eigenvalue weighted by Gasteiger charge is -2.17. The highest BCUT2D eigenvalue weighted by Gasteiger charge is 2.21. The Morgan fingerprint density at radius 3 is 3.20 bits per heavy atom.